The molecule has 1 amide bonds. The summed E-state index contributed by atoms with van der Waals surface area (Å²) in [6, 6.07) is 1.73. The molecule has 124 valence electrons. The minimum Gasteiger partial charge on any atom is -0.467 e. The van der Waals surface area contributed by atoms with Crippen molar-refractivity contribution in [3.05, 3.63) is 39.7 Å². The maximum absolute atomic E-state index is 12.4. The minimum absolute atomic E-state index is 0.0232. The first-order valence-electron chi connectivity index (χ1n) is 7.92. The lowest BCUT2D eigenvalue weighted by Crippen LogP contribution is -2.48. The highest BCUT2D eigenvalue weighted by molar-refractivity contribution is 7.09. The zero-order chi connectivity index (χ0) is 16.2. The Morgan fingerprint density at radius 2 is 2.17 bits per heavy atom. The molecule has 0 bridgehead atoms. The van der Waals surface area contributed by atoms with Crippen molar-refractivity contribution in [3.8, 4) is 0 Å². The van der Waals surface area contributed by atoms with Gasteiger partial charge < -0.3 is 15.1 Å². The summed E-state index contributed by atoms with van der Waals surface area (Å²) in [6.07, 6.45) is 2.49. The quantitative estimate of drug-likeness (QED) is 0.901. The van der Waals surface area contributed by atoms with Crippen LogP contribution in [0.2, 0.25) is 0 Å². The second-order valence-corrected chi connectivity index (χ2v) is 6.60. The van der Waals surface area contributed by atoms with Crippen LogP contribution in [0.3, 0.4) is 0 Å². The molecule has 0 saturated carbocycles. The van der Waals surface area contributed by atoms with E-state index >= 15 is 0 Å². The summed E-state index contributed by atoms with van der Waals surface area (Å²) >= 11 is 1.72. The fraction of sp³-hybridized carbons (Fsp3) is 0.500. The predicted molar refractivity (Wildman–Crippen MR) is 89.3 cm³/mol. The number of nitrogens with two attached hydrogens (primary N) is 1. The van der Waals surface area contributed by atoms with E-state index < -0.39 is 0 Å². The van der Waals surface area contributed by atoms with Crippen LogP contribution in [0, 0.1) is 0 Å². The molecule has 1 saturated heterocycles. The molecule has 1 aliphatic heterocycles. The van der Waals surface area contributed by atoms with Crippen LogP contribution in [0.1, 0.15) is 33.7 Å². The molecular formula is C16H22N4O2S. The summed E-state index contributed by atoms with van der Waals surface area (Å²) < 4.78 is 5.25. The van der Waals surface area contributed by atoms with Crippen LogP contribution in [-0.2, 0) is 19.5 Å². The molecule has 1 fully saturated rings. The van der Waals surface area contributed by atoms with Crippen LogP contribution in [0.5, 0.6) is 0 Å². The fourth-order valence-electron chi connectivity index (χ4n) is 2.70. The average molecular weight is 334 g/mol. The van der Waals surface area contributed by atoms with Crippen LogP contribution in [0.4, 0.5) is 0 Å². The molecule has 3 heterocycles. The number of piperazine rings is 1. The van der Waals surface area contributed by atoms with E-state index in [1.807, 2.05) is 4.90 Å². The molecule has 3 rings (SSSR count). The Kier molecular flexibility index (Phi) is 5.09. The molecule has 2 N–H and O–H groups in total. The summed E-state index contributed by atoms with van der Waals surface area (Å²) in [7, 11) is 0. The number of rotatable bonds is 5. The van der Waals surface area contributed by atoms with Gasteiger partial charge in [-0.15, -0.1) is 11.3 Å². The third kappa shape index (κ3) is 3.80. The topological polar surface area (TPSA) is 75.6 Å². The van der Waals surface area contributed by atoms with Gasteiger partial charge in [-0.3, -0.25) is 9.69 Å². The van der Waals surface area contributed by atoms with Crippen molar-refractivity contribution < 1.29 is 9.21 Å². The maximum Gasteiger partial charge on any atom is 0.257 e. The van der Waals surface area contributed by atoms with Gasteiger partial charge in [-0.25, -0.2) is 4.98 Å². The summed E-state index contributed by atoms with van der Waals surface area (Å²) in [5.74, 6) is 0.664. The molecule has 23 heavy (non-hydrogen) atoms. The summed E-state index contributed by atoms with van der Waals surface area (Å²) in [5.41, 5.74) is 7.24. The van der Waals surface area contributed by atoms with E-state index in [-0.39, 0.29) is 5.91 Å². The van der Waals surface area contributed by atoms with Gasteiger partial charge in [0.05, 0.1) is 22.8 Å². The number of carbonyl (C=O) groups excluding carboxylic acids is 1. The van der Waals surface area contributed by atoms with E-state index in [9.17, 15) is 4.79 Å². The predicted octanol–water partition coefficient (Wildman–Crippen LogP) is 1.72. The summed E-state index contributed by atoms with van der Waals surface area (Å²) in [6.45, 7) is 6.49. The Balaban J connectivity index is 1.52. The van der Waals surface area contributed by atoms with Crippen molar-refractivity contribution >= 4 is 17.2 Å². The number of furan rings is 1. The van der Waals surface area contributed by atoms with Gasteiger partial charge in [0.25, 0.3) is 5.91 Å². The highest BCUT2D eigenvalue weighted by Gasteiger charge is 2.23. The van der Waals surface area contributed by atoms with Gasteiger partial charge in [-0.05, 0) is 12.5 Å². The largest absolute Gasteiger partial charge is 0.467 e. The molecule has 0 unspecified atom stereocenters. The van der Waals surface area contributed by atoms with Crippen molar-refractivity contribution in [2.24, 2.45) is 5.73 Å². The molecule has 1 aliphatic rings. The average Bonchev–Trinajstić information content (AvgIpc) is 3.24. The van der Waals surface area contributed by atoms with Crippen molar-refractivity contribution in [1.82, 2.24) is 14.8 Å². The van der Waals surface area contributed by atoms with E-state index in [0.29, 0.717) is 17.9 Å². The highest BCUT2D eigenvalue weighted by atomic mass is 32.1. The number of thiazole rings is 1. The maximum atomic E-state index is 12.4. The SMILES string of the molecule is CCc1nc(CN2CCN(C(=O)c3coc(CN)c3)CC2)cs1. The minimum atomic E-state index is 0.0232. The summed E-state index contributed by atoms with van der Waals surface area (Å²) in [4.78, 5) is 21.3. The first kappa shape index (κ1) is 16.2. The smallest absolute Gasteiger partial charge is 0.257 e. The molecular weight excluding hydrogens is 312 g/mol. The number of aromatic nitrogens is 1. The Hall–Kier alpha value is -1.70. The first-order chi connectivity index (χ1) is 11.2. The van der Waals surface area contributed by atoms with Crippen LogP contribution in [0.25, 0.3) is 0 Å². The van der Waals surface area contributed by atoms with Crippen molar-refractivity contribution in [2.75, 3.05) is 26.2 Å². The third-order valence-electron chi connectivity index (χ3n) is 4.05. The number of nitrogens with zero attached hydrogens (tertiary/aromatic N) is 3. The molecule has 0 aromatic carbocycles. The second-order valence-electron chi connectivity index (χ2n) is 5.66. The number of hydrogen-bond donors (Lipinski definition) is 1. The van der Waals surface area contributed by atoms with Crippen LogP contribution in [0.15, 0.2) is 22.1 Å². The third-order valence-corrected chi connectivity index (χ3v) is 5.09. The monoisotopic (exact) mass is 334 g/mol. The Bertz CT molecular complexity index is 659. The lowest BCUT2D eigenvalue weighted by Gasteiger charge is -2.34. The van der Waals surface area contributed by atoms with Crippen LogP contribution >= 0.6 is 11.3 Å². The van der Waals surface area contributed by atoms with Crippen molar-refractivity contribution in [2.45, 2.75) is 26.4 Å². The Morgan fingerprint density at radius 3 is 2.78 bits per heavy atom. The first-order valence-corrected chi connectivity index (χ1v) is 8.80. The molecule has 2 aromatic heterocycles. The zero-order valence-corrected chi connectivity index (χ0v) is 14.1. The lowest BCUT2D eigenvalue weighted by molar-refractivity contribution is 0.0626. The van der Waals surface area contributed by atoms with Crippen molar-refractivity contribution in [3.63, 3.8) is 0 Å². The Morgan fingerprint density at radius 1 is 1.39 bits per heavy atom. The van der Waals surface area contributed by atoms with E-state index in [2.05, 4.69) is 22.2 Å². The van der Waals surface area contributed by atoms with Gasteiger partial charge in [0.1, 0.15) is 12.0 Å². The number of hydrogen-bond acceptors (Lipinski definition) is 6. The van der Waals surface area contributed by atoms with E-state index in [4.69, 9.17) is 10.2 Å². The number of carbonyl (C=O) groups is 1. The van der Waals surface area contributed by atoms with Crippen LogP contribution < -0.4 is 5.73 Å². The molecule has 7 heteroatoms. The van der Waals surface area contributed by atoms with Gasteiger partial charge in [0.15, 0.2) is 0 Å². The summed E-state index contributed by atoms with van der Waals surface area (Å²) in [5, 5.41) is 3.32. The molecule has 2 aromatic rings. The van der Waals surface area contributed by atoms with Crippen LogP contribution in [-0.4, -0.2) is 46.9 Å². The zero-order valence-electron chi connectivity index (χ0n) is 13.3. The molecule has 6 nitrogen and oxygen atoms in total. The van der Waals surface area contributed by atoms with Gasteiger partial charge in [-0.1, -0.05) is 6.92 Å². The molecule has 0 aliphatic carbocycles. The van der Waals surface area contributed by atoms with Gasteiger partial charge in [0.2, 0.25) is 0 Å². The lowest BCUT2D eigenvalue weighted by atomic mass is 10.2. The molecule has 0 spiro atoms. The van der Waals surface area contributed by atoms with Gasteiger partial charge >= 0.3 is 0 Å². The second kappa shape index (κ2) is 7.25. The number of amides is 1. The normalized spacial score (nSPS) is 16.0. The van der Waals surface area contributed by atoms with Gasteiger partial charge in [-0.2, -0.15) is 0 Å². The fourth-order valence-corrected chi connectivity index (χ4v) is 3.44. The van der Waals surface area contributed by atoms with E-state index in [1.54, 1.807) is 17.4 Å². The van der Waals surface area contributed by atoms with Gasteiger partial charge in [0, 0.05) is 38.1 Å². The standard InChI is InChI=1S/C16H22N4O2S/c1-2-15-18-13(11-23-15)9-19-3-5-20(6-4-19)16(21)12-7-14(8-17)22-10-12/h7,10-11H,2-6,8-9,17H2,1H3. The highest BCUT2D eigenvalue weighted by Crippen LogP contribution is 2.15. The number of aryl methyl sites for hydroxylation is 1. The van der Waals surface area contributed by atoms with E-state index in [1.165, 1.54) is 11.3 Å². The van der Waals surface area contributed by atoms with E-state index in [0.717, 1.165) is 44.8 Å². The molecule has 0 radical (unpaired) electrons. The molecule has 0 atom stereocenters. The Labute approximate surface area is 139 Å². The van der Waals surface area contributed by atoms with Crippen molar-refractivity contribution in [1.29, 1.82) is 0 Å².